The fraction of sp³-hybridized carbons (Fsp3) is 0.357. The molecule has 1 aliphatic heterocycles. The minimum absolute atomic E-state index is 0.155. The summed E-state index contributed by atoms with van der Waals surface area (Å²) in [5, 5.41) is 0. The molecule has 0 bridgehead atoms. The highest BCUT2D eigenvalue weighted by atomic mass is 16.5. The van der Waals surface area contributed by atoms with E-state index in [0.717, 1.165) is 25.0 Å². The van der Waals surface area contributed by atoms with Crippen molar-refractivity contribution in [3.8, 4) is 0 Å². The Morgan fingerprint density at radius 1 is 1.59 bits per heavy atom. The number of nitrogens with zero attached hydrogens (tertiary/aromatic N) is 1. The van der Waals surface area contributed by atoms with E-state index in [1.807, 2.05) is 18.3 Å². The molecule has 0 fully saturated rings. The largest absolute Gasteiger partial charge is 0.501 e. The van der Waals surface area contributed by atoms with Crippen LogP contribution in [-0.4, -0.2) is 18.2 Å². The molecule has 0 aliphatic carbocycles. The maximum atomic E-state index is 5.67. The highest BCUT2D eigenvalue weighted by Gasteiger charge is 2.18. The van der Waals surface area contributed by atoms with Crippen molar-refractivity contribution in [3.63, 3.8) is 0 Å². The van der Waals surface area contributed by atoms with E-state index in [1.54, 1.807) is 13.3 Å². The van der Waals surface area contributed by atoms with Gasteiger partial charge in [0.1, 0.15) is 17.6 Å². The SMILES string of the molecule is C=C1C=C(OC)C[C@H](CCc2cccnc2)O1. The van der Waals surface area contributed by atoms with Gasteiger partial charge in [0.25, 0.3) is 0 Å². The van der Waals surface area contributed by atoms with E-state index >= 15 is 0 Å². The van der Waals surface area contributed by atoms with E-state index < -0.39 is 0 Å². The predicted molar refractivity (Wildman–Crippen MR) is 66.3 cm³/mol. The van der Waals surface area contributed by atoms with Crippen LogP contribution in [0.5, 0.6) is 0 Å². The van der Waals surface area contributed by atoms with Crippen molar-refractivity contribution < 1.29 is 9.47 Å². The molecule has 0 amide bonds. The second kappa shape index (κ2) is 5.53. The Kier molecular flexibility index (Phi) is 3.81. The molecular weight excluding hydrogens is 214 g/mol. The Morgan fingerprint density at radius 2 is 2.47 bits per heavy atom. The first-order valence-electron chi connectivity index (χ1n) is 5.77. The molecule has 1 aromatic rings. The zero-order valence-electron chi connectivity index (χ0n) is 10.1. The summed E-state index contributed by atoms with van der Waals surface area (Å²) in [6.07, 6.45) is 8.41. The first-order valence-corrected chi connectivity index (χ1v) is 5.77. The number of aromatic nitrogens is 1. The van der Waals surface area contributed by atoms with Gasteiger partial charge in [-0.05, 0) is 24.5 Å². The predicted octanol–water partition coefficient (Wildman–Crippen LogP) is 2.85. The quantitative estimate of drug-likeness (QED) is 0.798. The molecular formula is C14H17NO2. The van der Waals surface area contributed by atoms with Gasteiger partial charge in [0, 0.05) is 24.9 Å². The molecule has 90 valence electrons. The topological polar surface area (TPSA) is 31.4 Å². The molecule has 2 rings (SSSR count). The fourth-order valence-electron chi connectivity index (χ4n) is 1.93. The third-order valence-electron chi connectivity index (χ3n) is 2.81. The third kappa shape index (κ3) is 3.34. The van der Waals surface area contributed by atoms with Gasteiger partial charge in [0.15, 0.2) is 0 Å². The van der Waals surface area contributed by atoms with E-state index in [0.29, 0.717) is 5.76 Å². The van der Waals surface area contributed by atoms with Gasteiger partial charge < -0.3 is 9.47 Å². The molecule has 3 heteroatoms. The second-order valence-electron chi connectivity index (χ2n) is 4.13. The molecule has 3 nitrogen and oxygen atoms in total. The van der Waals surface area contributed by atoms with E-state index in [4.69, 9.17) is 9.47 Å². The smallest absolute Gasteiger partial charge is 0.115 e. The van der Waals surface area contributed by atoms with E-state index in [1.165, 1.54) is 5.56 Å². The van der Waals surface area contributed by atoms with Crippen molar-refractivity contribution in [2.75, 3.05) is 7.11 Å². The van der Waals surface area contributed by atoms with Crippen molar-refractivity contribution >= 4 is 0 Å². The summed E-state index contributed by atoms with van der Waals surface area (Å²) in [5.74, 6) is 1.63. The third-order valence-corrected chi connectivity index (χ3v) is 2.81. The molecule has 1 aromatic heterocycles. The van der Waals surface area contributed by atoms with Gasteiger partial charge in [-0.25, -0.2) is 0 Å². The van der Waals surface area contributed by atoms with Crippen molar-refractivity contribution in [1.29, 1.82) is 0 Å². The fourth-order valence-corrected chi connectivity index (χ4v) is 1.93. The summed E-state index contributed by atoms with van der Waals surface area (Å²) in [7, 11) is 1.68. The molecule has 0 spiro atoms. The first kappa shape index (κ1) is 11.7. The molecule has 0 N–H and O–H groups in total. The summed E-state index contributed by atoms with van der Waals surface area (Å²) >= 11 is 0. The minimum atomic E-state index is 0.155. The van der Waals surface area contributed by atoms with Gasteiger partial charge in [-0.1, -0.05) is 12.6 Å². The number of ether oxygens (including phenoxy) is 2. The zero-order chi connectivity index (χ0) is 12.1. The Labute approximate surface area is 102 Å². The van der Waals surface area contributed by atoms with Gasteiger partial charge in [-0.3, -0.25) is 4.98 Å². The first-order chi connectivity index (χ1) is 8.28. The molecule has 17 heavy (non-hydrogen) atoms. The van der Waals surface area contributed by atoms with Crippen molar-refractivity contribution in [3.05, 3.63) is 54.3 Å². The summed E-state index contributed by atoms with van der Waals surface area (Å²) in [5.41, 5.74) is 1.23. The number of rotatable bonds is 4. The van der Waals surface area contributed by atoms with E-state index in [2.05, 4.69) is 17.6 Å². The summed E-state index contributed by atoms with van der Waals surface area (Å²) in [4.78, 5) is 4.10. The summed E-state index contributed by atoms with van der Waals surface area (Å²) in [6, 6.07) is 4.04. The van der Waals surface area contributed by atoms with Gasteiger partial charge >= 0.3 is 0 Å². The monoisotopic (exact) mass is 231 g/mol. The summed E-state index contributed by atoms with van der Waals surface area (Å²) < 4.78 is 10.9. The molecule has 0 unspecified atom stereocenters. The molecule has 0 radical (unpaired) electrons. The number of pyridine rings is 1. The Balaban J connectivity index is 1.88. The van der Waals surface area contributed by atoms with Crippen LogP contribution < -0.4 is 0 Å². The van der Waals surface area contributed by atoms with Crippen LogP contribution in [-0.2, 0) is 15.9 Å². The number of allylic oxidation sites excluding steroid dienone is 1. The van der Waals surface area contributed by atoms with Crippen LogP contribution in [0.2, 0.25) is 0 Å². The molecule has 1 aliphatic rings. The van der Waals surface area contributed by atoms with Crippen LogP contribution in [0.25, 0.3) is 0 Å². The molecule has 0 saturated carbocycles. The van der Waals surface area contributed by atoms with Crippen LogP contribution in [0.4, 0.5) is 0 Å². The minimum Gasteiger partial charge on any atom is -0.501 e. The van der Waals surface area contributed by atoms with Crippen LogP contribution >= 0.6 is 0 Å². The van der Waals surface area contributed by atoms with Crippen LogP contribution in [0, 0.1) is 0 Å². The second-order valence-corrected chi connectivity index (χ2v) is 4.13. The van der Waals surface area contributed by atoms with Gasteiger partial charge in [0.05, 0.1) is 7.11 Å². The van der Waals surface area contributed by atoms with Crippen LogP contribution in [0.15, 0.2) is 48.7 Å². The lowest BCUT2D eigenvalue weighted by atomic mass is 10.0. The Morgan fingerprint density at radius 3 is 3.18 bits per heavy atom. The average Bonchev–Trinajstić information content (AvgIpc) is 2.37. The molecule has 1 atom stereocenters. The highest BCUT2D eigenvalue weighted by Crippen LogP contribution is 2.23. The van der Waals surface area contributed by atoms with E-state index in [-0.39, 0.29) is 6.10 Å². The number of hydrogen-bond acceptors (Lipinski definition) is 3. The Bertz CT molecular complexity index is 411. The lowest BCUT2D eigenvalue weighted by molar-refractivity contribution is 0.0858. The van der Waals surface area contributed by atoms with Crippen LogP contribution in [0.3, 0.4) is 0 Å². The lowest BCUT2D eigenvalue weighted by Gasteiger charge is -2.24. The zero-order valence-corrected chi connectivity index (χ0v) is 10.1. The van der Waals surface area contributed by atoms with Crippen LogP contribution in [0.1, 0.15) is 18.4 Å². The maximum absolute atomic E-state index is 5.67. The molecule has 0 aromatic carbocycles. The normalized spacial score (nSPS) is 19.5. The number of aryl methyl sites for hydroxylation is 1. The van der Waals surface area contributed by atoms with Gasteiger partial charge in [-0.15, -0.1) is 0 Å². The number of methoxy groups -OCH3 is 1. The highest BCUT2D eigenvalue weighted by molar-refractivity contribution is 5.17. The average molecular weight is 231 g/mol. The maximum Gasteiger partial charge on any atom is 0.115 e. The summed E-state index contributed by atoms with van der Waals surface area (Å²) in [6.45, 7) is 3.83. The van der Waals surface area contributed by atoms with Crippen molar-refractivity contribution in [2.45, 2.75) is 25.4 Å². The van der Waals surface area contributed by atoms with Gasteiger partial charge in [0.2, 0.25) is 0 Å². The van der Waals surface area contributed by atoms with Gasteiger partial charge in [-0.2, -0.15) is 0 Å². The Hall–Kier alpha value is -1.77. The molecule has 2 heterocycles. The van der Waals surface area contributed by atoms with E-state index in [9.17, 15) is 0 Å². The lowest BCUT2D eigenvalue weighted by Crippen LogP contribution is -2.18. The van der Waals surface area contributed by atoms with Crippen molar-refractivity contribution in [2.24, 2.45) is 0 Å². The number of hydrogen-bond donors (Lipinski definition) is 0. The molecule has 0 saturated heterocycles. The van der Waals surface area contributed by atoms with Crippen molar-refractivity contribution in [1.82, 2.24) is 4.98 Å². The standard InChI is InChI=1S/C14H17NO2/c1-11-8-14(16-2)9-13(17-11)6-5-12-4-3-7-15-10-12/h3-4,7-8,10,13H,1,5-6,9H2,2H3/t13-/m0/s1.